The summed E-state index contributed by atoms with van der Waals surface area (Å²) < 4.78 is 20.5. The number of hydrogen-bond acceptors (Lipinski definition) is 5. The van der Waals surface area contributed by atoms with Crippen molar-refractivity contribution in [3.63, 3.8) is 0 Å². The molecule has 1 amide bonds. The second-order valence-electron chi connectivity index (χ2n) is 6.37. The molecule has 1 atom stereocenters. The number of ether oxygens (including phenoxy) is 1. The Morgan fingerprint density at radius 3 is 2.59 bits per heavy atom. The third kappa shape index (κ3) is 5.80. The lowest BCUT2D eigenvalue weighted by molar-refractivity contribution is -0.119. The molecule has 0 aliphatic rings. The molecule has 1 aromatic heterocycles. The first-order chi connectivity index (χ1) is 14.1. The predicted molar refractivity (Wildman–Crippen MR) is 110 cm³/mol. The molecule has 1 N–H and O–H groups in total. The molecule has 0 saturated carbocycles. The van der Waals surface area contributed by atoms with E-state index in [1.807, 2.05) is 48.7 Å². The summed E-state index contributed by atoms with van der Waals surface area (Å²) in [7, 11) is 0. The third-order valence-electron chi connectivity index (χ3n) is 4.30. The van der Waals surface area contributed by atoms with Crippen molar-refractivity contribution in [1.29, 1.82) is 0 Å². The highest BCUT2D eigenvalue weighted by Crippen LogP contribution is 2.19. The van der Waals surface area contributed by atoms with Gasteiger partial charge in [0.15, 0.2) is 11.0 Å². The normalized spacial score (nSPS) is 11.8. The number of amides is 1. The molecular formula is C21H23FN4O2S. The number of benzene rings is 2. The number of halogens is 1. The van der Waals surface area contributed by atoms with Gasteiger partial charge in [-0.3, -0.25) is 4.79 Å². The van der Waals surface area contributed by atoms with Gasteiger partial charge in [-0.2, -0.15) is 0 Å². The molecule has 3 aromatic rings. The maximum atomic E-state index is 13.0. The van der Waals surface area contributed by atoms with E-state index in [1.165, 1.54) is 23.9 Å². The number of hydrogen-bond donors (Lipinski definition) is 1. The van der Waals surface area contributed by atoms with E-state index in [4.69, 9.17) is 4.74 Å². The first kappa shape index (κ1) is 20.9. The number of aromatic nitrogens is 3. The van der Waals surface area contributed by atoms with Crippen molar-refractivity contribution in [2.75, 3.05) is 5.75 Å². The molecular weight excluding hydrogens is 391 g/mol. The zero-order chi connectivity index (χ0) is 20.6. The smallest absolute Gasteiger partial charge is 0.230 e. The van der Waals surface area contributed by atoms with Gasteiger partial charge in [-0.05, 0) is 43.7 Å². The summed E-state index contributed by atoms with van der Waals surface area (Å²) in [6.07, 6.45) is 0. The fraction of sp³-hybridized carbons (Fsp3) is 0.286. The highest BCUT2D eigenvalue weighted by atomic mass is 32.2. The van der Waals surface area contributed by atoms with E-state index >= 15 is 0 Å². The summed E-state index contributed by atoms with van der Waals surface area (Å²) >= 11 is 1.33. The van der Waals surface area contributed by atoms with Crippen LogP contribution in [0.2, 0.25) is 0 Å². The maximum absolute atomic E-state index is 13.0. The molecule has 0 aliphatic heterocycles. The van der Waals surface area contributed by atoms with Crippen molar-refractivity contribution in [2.24, 2.45) is 0 Å². The van der Waals surface area contributed by atoms with E-state index < -0.39 is 0 Å². The van der Waals surface area contributed by atoms with Crippen LogP contribution in [-0.2, 0) is 17.9 Å². The lowest BCUT2D eigenvalue weighted by Crippen LogP contribution is -2.28. The van der Waals surface area contributed by atoms with Crippen molar-refractivity contribution < 1.29 is 13.9 Å². The minimum Gasteiger partial charge on any atom is -0.486 e. The van der Waals surface area contributed by atoms with Crippen LogP contribution in [0.5, 0.6) is 5.75 Å². The number of nitrogens with one attached hydrogen (secondary N) is 1. The average molecular weight is 415 g/mol. The molecule has 0 aliphatic carbocycles. The molecule has 152 valence electrons. The Kier molecular flexibility index (Phi) is 7.24. The molecule has 1 unspecified atom stereocenters. The van der Waals surface area contributed by atoms with Gasteiger partial charge in [0.25, 0.3) is 0 Å². The van der Waals surface area contributed by atoms with Gasteiger partial charge in [0.2, 0.25) is 5.91 Å². The van der Waals surface area contributed by atoms with Crippen LogP contribution in [0.15, 0.2) is 59.8 Å². The van der Waals surface area contributed by atoms with E-state index in [0.29, 0.717) is 23.3 Å². The standard InChI is InChI=1S/C21H23FN4O2S/c1-3-26-19(13-28-18-11-9-17(22)10-12-18)24-25-21(26)29-14-20(27)23-15(2)16-7-5-4-6-8-16/h4-12,15H,3,13-14H2,1-2H3,(H,23,27). The summed E-state index contributed by atoms with van der Waals surface area (Å²) in [5.41, 5.74) is 1.06. The summed E-state index contributed by atoms with van der Waals surface area (Å²) in [4.78, 5) is 12.3. The quantitative estimate of drug-likeness (QED) is 0.536. The van der Waals surface area contributed by atoms with Crippen molar-refractivity contribution >= 4 is 17.7 Å². The number of carbonyl (C=O) groups is 1. The van der Waals surface area contributed by atoms with Gasteiger partial charge in [0.05, 0.1) is 11.8 Å². The van der Waals surface area contributed by atoms with Gasteiger partial charge in [-0.1, -0.05) is 42.1 Å². The topological polar surface area (TPSA) is 69.0 Å². The molecule has 6 nitrogen and oxygen atoms in total. The van der Waals surface area contributed by atoms with Gasteiger partial charge in [0.1, 0.15) is 18.2 Å². The first-order valence-corrected chi connectivity index (χ1v) is 10.3. The van der Waals surface area contributed by atoms with Crippen LogP contribution in [0.3, 0.4) is 0 Å². The molecule has 1 heterocycles. The number of carbonyl (C=O) groups excluding carboxylic acids is 1. The fourth-order valence-corrected chi connectivity index (χ4v) is 3.60. The second kappa shape index (κ2) is 10.1. The van der Waals surface area contributed by atoms with Gasteiger partial charge >= 0.3 is 0 Å². The molecule has 8 heteroatoms. The van der Waals surface area contributed by atoms with Crippen molar-refractivity contribution in [3.8, 4) is 5.75 Å². The molecule has 0 saturated heterocycles. The van der Waals surface area contributed by atoms with Crippen LogP contribution < -0.4 is 10.1 Å². The lowest BCUT2D eigenvalue weighted by atomic mass is 10.1. The Hall–Kier alpha value is -2.87. The zero-order valence-corrected chi connectivity index (χ0v) is 17.2. The van der Waals surface area contributed by atoms with Crippen molar-refractivity contribution in [2.45, 2.75) is 38.2 Å². The summed E-state index contributed by atoms with van der Waals surface area (Å²) in [6, 6.07) is 15.6. The van der Waals surface area contributed by atoms with Crippen LogP contribution in [0.1, 0.15) is 31.3 Å². The molecule has 0 radical (unpaired) electrons. The van der Waals surface area contributed by atoms with E-state index in [9.17, 15) is 9.18 Å². The van der Waals surface area contributed by atoms with E-state index in [-0.39, 0.29) is 30.1 Å². The van der Waals surface area contributed by atoms with Crippen LogP contribution in [0.25, 0.3) is 0 Å². The molecule has 0 spiro atoms. The summed E-state index contributed by atoms with van der Waals surface area (Å²) in [6.45, 7) is 4.80. The molecule has 29 heavy (non-hydrogen) atoms. The Morgan fingerprint density at radius 1 is 1.17 bits per heavy atom. The average Bonchev–Trinajstić information content (AvgIpc) is 3.14. The Balaban J connectivity index is 1.54. The first-order valence-electron chi connectivity index (χ1n) is 9.34. The second-order valence-corrected chi connectivity index (χ2v) is 7.32. The minimum absolute atomic E-state index is 0.0620. The van der Waals surface area contributed by atoms with Gasteiger partial charge in [0, 0.05) is 6.54 Å². The molecule has 0 fully saturated rings. The fourth-order valence-electron chi connectivity index (χ4n) is 2.77. The van der Waals surface area contributed by atoms with E-state index in [2.05, 4.69) is 15.5 Å². The lowest BCUT2D eigenvalue weighted by Gasteiger charge is -2.14. The SMILES string of the molecule is CCn1c(COc2ccc(F)cc2)nnc1SCC(=O)NC(C)c1ccccc1. The van der Waals surface area contributed by atoms with E-state index in [1.54, 1.807) is 12.1 Å². The van der Waals surface area contributed by atoms with Gasteiger partial charge in [-0.25, -0.2) is 4.39 Å². The Morgan fingerprint density at radius 2 is 1.90 bits per heavy atom. The highest BCUT2D eigenvalue weighted by Gasteiger charge is 2.15. The Labute approximate surface area is 173 Å². The van der Waals surface area contributed by atoms with Crippen LogP contribution >= 0.6 is 11.8 Å². The van der Waals surface area contributed by atoms with Crippen LogP contribution in [0, 0.1) is 5.82 Å². The molecule has 3 rings (SSSR count). The summed E-state index contributed by atoms with van der Waals surface area (Å²) in [5.74, 6) is 1.07. The van der Waals surface area contributed by atoms with E-state index in [0.717, 1.165) is 5.56 Å². The van der Waals surface area contributed by atoms with Crippen LogP contribution in [-0.4, -0.2) is 26.4 Å². The van der Waals surface area contributed by atoms with Crippen LogP contribution in [0.4, 0.5) is 4.39 Å². The zero-order valence-electron chi connectivity index (χ0n) is 16.3. The third-order valence-corrected chi connectivity index (χ3v) is 5.27. The molecule has 0 bridgehead atoms. The minimum atomic E-state index is -0.312. The van der Waals surface area contributed by atoms with Crippen molar-refractivity contribution in [1.82, 2.24) is 20.1 Å². The Bertz CT molecular complexity index is 932. The van der Waals surface area contributed by atoms with Crippen molar-refractivity contribution in [3.05, 3.63) is 71.8 Å². The number of nitrogens with zero attached hydrogens (tertiary/aromatic N) is 3. The maximum Gasteiger partial charge on any atom is 0.230 e. The van der Waals surface area contributed by atoms with Gasteiger partial charge in [-0.15, -0.1) is 10.2 Å². The predicted octanol–water partition coefficient (Wildman–Crippen LogP) is 3.99. The molecule has 2 aromatic carbocycles. The largest absolute Gasteiger partial charge is 0.486 e. The number of rotatable bonds is 9. The highest BCUT2D eigenvalue weighted by molar-refractivity contribution is 7.99. The monoisotopic (exact) mass is 414 g/mol. The number of thioether (sulfide) groups is 1. The summed E-state index contributed by atoms with van der Waals surface area (Å²) in [5, 5.41) is 12.0. The van der Waals surface area contributed by atoms with Gasteiger partial charge < -0.3 is 14.6 Å².